The van der Waals surface area contributed by atoms with E-state index in [4.69, 9.17) is 4.98 Å². The molecular formula is C25H16FN5O2. The number of H-pyrrole nitrogens is 1. The largest absolute Gasteiger partial charge is 0.857 e. The third-order valence-corrected chi connectivity index (χ3v) is 5.64. The topological polar surface area (TPSA) is 89.5 Å². The number of aromatic amines is 1. The number of nitrogens with zero attached hydrogens (tertiary/aromatic N) is 4. The van der Waals surface area contributed by atoms with Crippen LogP contribution >= 0.6 is 0 Å². The van der Waals surface area contributed by atoms with Gasteiger partial charge in [-0.25, -0.2) is 9.37 Å². The maximum atomic E-state index is 13.3. The number of rotatable bonds is 3. The van der Waals surface area contributed by atoms with Crippen LogP contribution in [0.1, 0.15) is 0 Å². The Hall–Kier alpha value is -4.59. The Morgan fingerprint density at radius 1 is 1.09 bits per heavy atom. The number of para-hydroxylation sites is 1. The molecule has 0 saturated carbocycles. The average molecular weight is 437 g/mol. The minimum Gasteiger partial charge on any atom is -0.857 e. The molecule has 0 radical (unpaired) electrons. The lowest BCUT2D eigenvalue weighted by atomic mass is 10.2. The van der Waals surface area contributed by atoms with Crippen LogP contribution in [0.3, 0.4) is 0 Å². The first kappa shape index (κ1) is 19.1. The zero-order chi connectivity index (χ0) is 22.5. The summed E-state index contributed by atoms with van der Waals surface area (Å²) in [7, 11) is 0. The number of aliphatic imine (C=N–C) groups is 1. The lowest BCUT2D eigenvalue weighted by Crippen LogP contribution is -2.42. The fraction of sp³-hybridized carbons (Fsp3) is 0.0400. The van der Waals surface area contributed by atoms with Crippen molar-refractivity contribution in [3.05, 3.63) is 95.4 Å². The number of nitrogens with one attached hydrogen (secondary N) is 1. The van der Waals surface area contributed by atoms with Crippen molar-refractivity contribution in [2.45, 2.75) is 6.54 Å². The fourth-order valence-corrected chi connectivity index (χ4v) is 4.16. The van der Waals surface area contributed by atoms with E-state index in [1.165, 1.54) is 27.3 Å². The Bertz CT molecular complexity index is 1800. The van der Waals surface area contributed by atoms with Gasteiger partial charge in [-0.2, -0.15) is 4.57 Å². The number of hydrogen-bond acceptors (Lipinski definition) is 4. The lowest BCUT2D eigenvalue weighted by molar-refractivity contribution is -0.688. The van der Waals surface area contributed by atoms with Crippen LogP contribution in [0.4, 0.5) is 10.1 Å². The number of halogens is 1. The summed E-state index contributed by atoms with van der Waals surface area (Å²) < 4.78 is 16.2. The fourth-order valence-electron chi connectivity index (χ4n) is 4.16. The third kappa shape index (κ3) is 3.20. The summed E-state index contributed by atoms with van der Waals surface area (Å²) in [6, 6.07) is 17.5. The van der Waals surface area contributed by atoms with E-state index in [9.17, 15) is 14.3 Å². The van der Waals surface area contributed by atoms with Gasteiger partial charge >= 0.3 is 0 Å². The summed E-state index contributed by atoms with van der Waals surface area (Å²) >= 11 is 0. The van der Waals surface area contributed by atoms with Gasteiger partial charge in [0.15, 0.2) is 24.2 Å². The molecule has 0 aliphatic heterocycles. The molecule has 0 atom stereocenters. The predicted molar refractivity (Wildman–Crippen MR) is 122 cm³/mol. The smallest absolute Gasteiger partial charge is 0.265 e. The molecular weight excluding hydrogens is 421 g/mol. The molecule has 0 bridgehead atoms. The molecule has 0 saturated heterocycles. The van der Waals surface area contributed by atoms with Crippen LogP contribution in [0.2, 0.25) is 0 Å². The average Bonchev–Trinajstić information content (AvgIpc) is 3.19. The Morgan fingerprint density at radius 3 is 2.85 bits per heavy atom. The Morgan fingerprint density at radius 2 is 1.97 bits per heavy atom. The van der Waals surface area contributed by atoms with Crippen LogP contribution < -0.4 is 15.2 Å². The standard InChI is InChI=1S/C25H16FN5O2/c26-15-4-3-10-30(13-15)14-22(32)27-16-7-8-21-19(12-16)25(33)31-11-9-18-17-5-1-2-6-20(17)28-23(18)24(31)29-21/h1-13H,14H2,(H-,27,28,29,32,33). The molecule has 1 N–H and O–H groups in total. The van der Waals surface area contributed by atoms with Gasteiger partial charge in [0.1, 0.15) is 0 Å². The number of pyridine rings is 2. The number of hydrogen-bond donors (Lipinski definition) is 1. The van der Waals surface area contributed by atoms with Crippen molar-refractivity contribution in [2.75, 3.05) is 0 Å². The lowest BCUT2D eigenvalue weighted by Gasteiger charge is -2.08. The SMILES string of the molecule is O=c1c2cc(N=C([O-])C[n+]3cccc(F)c3)ccc2nc2c3[nH]c4ccccc4c3ccn12. The summed E-state index contributed by atoms with van der Waals surface area (Å²) in [6.07, 6.45) is 4.52. The summed E-state index contributed by atoms with van der Waals surface area (Å²) in [5, 5.41) is 14.8. The van der Waals surface area contributed by atoms with Crippen LogP contribution in [0, 0.1) is 5.82 Å². The first-order valence-corrected chi connectivity index (χ1v) is 10.3. The zero-order valence-corrected chi connectivity index (χ0v) is 17.2. The molecule has 6 aromatic rings. The molecule has 7 nitrogen and oxygen atoms in total. The number of fused-ring (bicyclic) bond motifs is 6. The second-order valence-electron chi connectivity index (χ2n) is 7.79. The van der Waals surface area contributed by atoms with E-state index in [1.807, 2.05) is 30.3 Å². The molecule has 4 aromatic heterocycles. The van der Waals surface area contributed by atoms with Crippen LogP contribution in [0.15, 0.2) is 89.0 Å². The van der Waals surface area contributed by atoms with E-state index >= 15 is 0 Å². The van der Waals surface area contributed by atoms with Crippen LogP contribution in [0.5, 0.6) is 0 Å². The van der Waals surface area contributed by atoms with Crippen LogP contribution in [-0.2, 0) is 6.54 Å². The second-order valence-corrected chi connectivity index (χ2v) is 7.79. The molecule has 8 heteroatoms. The van der Waals surface area contributed by atoms with Gasteiger partial charge in [-0.05, 0) is 36.4 Å². The highest BCUT2D eigenvalue weighted by Gasteiger charge is 2.12. The normalized spacial score (nSPS) is 12.3. The summed E-state index contributed by atoms with van der Waals surface area (Å²) in [5.74, 6) is -0.898. The van der Waals surface area contributed by atoms with E-state index in [0.717, 1.165) is 21.8 Å². The van der Waals surface area contributed by atoms with E-state index in [0.29, 0.717) is 22.2 Å². The molecule has 0 amide bonds. The molecule has 2 aromatic carbocycles. The maximum Gasteiger partial charge on any atom is 0.265 e. The van der Waals surface area contributed by atoms with E-state index in [2.05, 4.69) is 9.98 Å². The van der Waals surface area contributed by atoms with E-state index in [1.54, 1.807) is 30.6 Å². The highest BCUT2D eigenvalue weighted by Crippen LogP contribution is 2.28. The predicted octanol–water partition coefficient (Wildman–Crippen LogP) is 3.00. The highest BCUT2D eigenvalue weighted by molar-refractivity contribution is 6.11. The van der Waals surface area contributed by atoms with Crippen molar-refractivity contribution in [3.8, 4) is 0 Å². The van der Waals surface area contributed by atoms with Gasteiger partial charge in [0.25, 0.3) is 5.56 Å². The van der Waals surface area contributed by atoms with Gasteiger partial charge in [0.05, 0.1) is 22.1 Å². The Kier molecular flexibility index (Phi) is 4.19. The molecule has 33 heavy (non-hydrogen) atoms. The minimum atomic E-state index is -0.460. The van der Waals surface area contributed by atoms with Crippen LogP contribution in [-0.4, -0.2) is 20.3 Å². The van der Waals surface area contributed by atoms with Gasteiger partial charge < -0.3 is 10.1 Å². The van der Waals surface area contributed by atoms with Crippen LogP contribution in [0.25, 0.3) is 38.4 Å². The first-order chi connectivity index (χ1) is 16.1. The Labute approximate surface area is 185 Å². The molecule has 0 aliphatic rings. The second kappa shape index (κ2) is 7.23. The first-order valence-electron chi connectivity index (χ1n) is 10.3. The quantitative estimate of drug-likeness (QED) is 0.200. The molecule has 160 valence electrons. The van der Waals surface area contributed by atoms with Gasteiger partial charge in [0.2, 0.25) is 6.20 Å². The Balaban J connectivity index is 1.47. The number of benzene rings is 2. The van der Waals surface area contributed by atoms with Crippen molar-refractivity contribution in [2.24, 2.45) is 4.99 Å². The molecule has 0 spiro atoms. The minimum absolute atomic E-state index is 0.108. The molecule has 6 rings (SSSR count). The van der Waals surface area contributed by atoms with Crippen molar-refractivity contribution >= 4 is 49.9 Å². The van der Waals surface area contributed by atoms with Gasteiger partial charge in [0, 0.05) is 34.5 Å². The summed E-state index contributed by atoms with van der Waals surface area (Å²) in [5.41, 5.74) is 2.89. The van der Waals surface area contributed by atoms with Gasteiger partial charge in [-0.3, -0.25) is 14.2 Å². The molecule has 0 unspecified atom stereocenters. The summed E-state index contributed by atoms with van der Waals surface area (Å²) in [6.45, 7) is -0.108. The number of aromatic nitrogens is 4. The molecule has 4 heterocycles. The van der Waals surface area contributed by atoms with Gasteiger partial charge in [-0.1, -0.05) is 18.2 Å². The monoisotopic (exact) mass is 437 g/mol. The van der Waals surface area contributed by atoms with Crippen molar-refractivity contribution in [3.63, 3.8) is 0 Å². The van der Waals surface area contributed by atoms with Crippen molar-refractivity contribution < 1.29 is 14.1 Å². The van der Waals surface area contributed by atoms with E-state index < -0.39 is 11.7 Å². The summed E-state index contributed by atoms with van der Waals surface area (Å²) in [4.78, 5) is 25.4. The molecule has 0 fully saturated rings. The third-order valence-electron chi connectivity index (χ3n) is 5.64. The highest BCUT2D eigenvalue weighted by atomic mass is 19.1. The zero-order valence-electron chi connectivity index (χ0n) is 17.2. The van der Waals surface area contributed by atoms with Gasteiger partial charge in [-0.15, -0.1) is 0 Å². The maximum absolute atomic E-state index is 13.3. The van der Waals surface area contributed by atoms with Crippen molar-refractivity contribution in [1.82, 2.24) is 14.4 Å². The van der Waals surface area contributed by atoms with Crippen molar-refractivity contribution in [1.29, 1.82) is 0 Å². The molecule has 0 aliphatic carbocycles. The van der Waals surface area contributed by atoms with E-state index in [-0.39, 0.29) is 12.1 Å².